The third-order valence-electron chi connectivity index (χ3n) is 3.22. The Hall–Kier alpha value is -1.76. The molecule has 2 heterocycles. The summed E-state index contributed by atoms with van der Waals surface area (Å²) < 4.78 is 1.57. The van der Waals surface area contributed by atoms with E-state index in [0.29, 0.717) is 16.8 Å². The van der Waals surface area contributed by atoms with Crippen LogP contribution >= 0.6 is 23.2 Å². The minimum absolute atomic E-state index is 0.161. The van der Waals surface area contributed by atoms with E-state index in [4.69, 9.17) is 28.5 Å². The third-order valence-corrected chi connectivity index (χ3v) is 4.29. The van der Waals surface area contributed by atoms with Crippen molar-refractivity contribution in [2.24, 2.45) is 0 Å². The van der Waals surface area contributed by atoms with Crippen LogP contribution in [0.3, 0.4) is 0 Å². The summed E-state index contributed by atoms with van der Waals surface area (Å²) in [6.07, 6.45) is 1.56. The Morgan fingerprint density at radius 1 is 1.26 bits per heavy atom. The molecule has 1 aromatic heterocycles. The minimum atomic E-state index is -0.605. The predicted octanol–water partition coefficient (Wildman–Crippen LogP) is 3.62. The summed E-state index contributed by atoms with van der Waals surface area (Å²) in [7, 11) is 0. The van der Waals surface area contributed by atoms with Crippen molar-refractivity contribution in [3.8, 4) is 6.07 Å². The van der Waals surface area contributed by atoms with Gasteiger partial charge in [-0.2, -0.15) is 5.26 Å². The molecular formula is C14H8Cl2N2O. The first-order valence-corrected chi connectivity index (χ1v) is 6.54. The summed E-state index contributed by atoms with van der Waals surface area (Å²) in [5.41, 5.74) is 1.45. The predicted molar refractivity (Wildman–Crippen MR) is 72.5 cm³/mol. The fraction of sp³-hybridized carbons (Fsp3) is 0.143. The molecule has 3 nitrogen and oxygen atoms in total. The highest BCUT2D eigenvalue weighted by Gasteiger charge is 2.32. The number of nitrogens with zero attached hydrogens (tertiary/aromatic N) is 2. The number of aromatic nitrogens is 1. The smallest absolute Gasteiger partial charge is 0.209 e. The summed E-state index contributed by atoms with van der Waals surface area (Å²) in [4.78, 5) is 12.5. The van der Waals surface area contributed by atoms with E-state index >= 15 is 0 Å². The number of ketones is 1. The van der Waals surface area contributed by atoms with Crippen LogP contribution in [0.25, 0.3) is 0 Å². The average molecular weight is 291 g/mol. The molecule has 1 aromatic carbocycles. The highest BCUT2D eigenvalue weighted by Crippen LogP contribution is 2.41. The number of nitriles is 1. The van der Waals surface area contributed by atoms with Crippen LogP contribution in [-0.2, 0) is 0 Å². The van der Waals surface area contributed by atoms with Crippen LogP contribution in [0.15, 0.2) is 36.5 Å². The number of carbonyl (C=O) groups excluding carboxylic acids is 1. The lowest BCUT2D eigenvalue weighted by Crippen LogP contribution is -2.09. The minimum Gasteiger partial charge on any atom is -0.325 e. The lowest BCUT2D eigenvalue weighted by Gasteiger charge is -2.17. The van der Waals surface area contributed by atoms with Crippen LogP contribution in [0.5, 0.6) is 0 Å². The third kappa shape index (κ3) is 1.76. The summed E-state index contributed by atoms with van der Waals surface area (Å²) in [6.45, 7) is 0. The number of hydrogen-bond donors (Lipinski definition) is 0. The molecule has 0 fully saturated rings. The topological polar surface area (TPSA) is 45.8 Å². The standard InChI is InChI=1S/C14H8Cl2N2O/c15-12-9-3-1-2-4-10(9)13(19)11-5-8(6-17)7-18(11)14(12)16/h1-5,7,12,14H. The van der Waals surface area contributed by atoms with Crippen molar-refractivity contribution in [2.45, 2.75) is 10.9 Å². The molecule has 0 saturated heterocycles. The first-order chi connectivity index (χ1) is 9.13. The Morgan fingerprint density at radius 3 is 2.74 bits per heavy atom. The van der Waals surface area contributed by atoms with Crippen molar-refractivity contribution in [2.75, 3.05) is 0 Å². The van der Waals surface area contributed by atoms with Gasteiger partial charge < -0.3 is 4.57 Å². The molecule has 0 radical (unpaired) electrons. The molecule has 0 spiro atoms. The van der Waals surface area contributed by atoms with Gasteiger partial charge in [-0.05, 0) is 11.6 Å². The molecule has 5 heteroatoms. The van der Waals surface area contributed by atoms with Gasteiger partial charge in [0.15, 0.2) is 0 Å². The Kier molecular flexibility index (Phi) is 2.85. The lowest BCUT2D eigenvalue weighted by atomic mass is 10.0. The largest absolute Gasteiger partial charge is 0.325 e. The van der Waals surface area contributed by atoms with E-state index in [2.05, 4.69) is 0 Å². The van der Waals surface area contributed by atoms with Gasteiger partial charge in [-0.1, -0.05) is 35.9 Å². The van der Waals surface area contributed by atoms with Gasteiger partial charge in [-0.25, -0.2) is 0 Å². The summed E-state index contributed by atoms with van der Waals surface area (Å²) in [5.74, 6) is -0.161. The SMILES string of the molecule is N#Cc1cc2n(c1)C(Cl)C(Cl)c1ccccc1C2=O. The molecule has 2 aromatic rings. The lowest BCUT2D eigenvalue weighted by molar-refractivity contribution is 0.103. The Bertz CT molecular complexity index is 714. The highest BCUT2D eigenvalue weighted by atomic mass is 35.5. The second-order valence-corrected chi connectivity index (χ2v) is 5.24. The number of carbonyl (C=O) groups is 1. The average Bonchev–Trinajstić information content (AvgIpc) is 2.86. The molecule has 1 aliphatic heterocycles. The molecule has 0 N–H and O–H groups in total. The quantitative estimate of drug-likeness (QED) is 0.696. The fourth-order valence-corrected chi connectivity index (χ4v) is 2.91. The maximum atomic E-state index is 12.5. The molecule has 0 bridgehead atoms. The summed E-state index contributed by atoms with van der Waals surface area (Å²) in [6, 6.07) is 10.7. The van der Waals surface area contributed by atoms with Gasteiger partial charge in [0.05, 0.1) is 16.6 Å². The number of hydrogen-bond acceptors (Lipinski definition) is 2. The van der Waals surface area contributed by atoms with Crippen molar-refractivity contribution < 1.29 is 4.79 Å². The Balaban J connectivity index is 2.29. The van der Waals surface area contributed by atoms with Crippen LogP contribution in [-0.4, -0.2) is 10.4 Å². The van der Waals surface area contributed by atoms with Crippen molar-refractivity contribution >= 4 is 29.0 Å². The highest BCUT2D eigenvalue weighted by molar-refractivity contribution is 6.30. The zero-order valence-corrected chi connectivity index (χ0v) is 11.2. The molecule has 2 unspecified atom stereocenters. The van der Waals surface area contributed by atoms with Gasteiger partial charge in [-0.15, -0.1) is 11.6 Å². The van der Waals surface area contributed by atoms with Gasteiger partial charge in [0.25, 0.3) is 0 Å². The van der Waals surface area contributed by atoms with E-state index in [1.165, 1.54) is 0 Å². The Labute approximate surface area is 120 Å². The van der Waals surface area contributed by atoms with Crippen LogP contribution < -0.4 is 0 Å². The number of fused-ring (bicyclic) bond motifs is 2. The molecule has 1 aliphatic rings. The summed E-state index contributed by atoms with van der Waals surface area (Å²) in [5, 5.41) is 8.41. The molecule has 0 aliphatic carbocycles. The molecular weight excluding hydrogens is 283 g/mol. The monoisotopic (exact) mass is 290 g/mol. The van der Waals surface area contributed by atoms with E-state index < -0.39 is 10.9 Å². The zero-order chi connectivity index (χ0) is 13.6. The van der Waals surface area contributed by atoms with E-state index in [1.54, 1.807) is 35.0 Å². The van der Waals surface area contributed by atoms with Crippen molar-refractivity contribution in [1.29, 1.82) is 5.26 Å². The fourth-order valence-electron chi connectivity index (χ4n) is 2.30. The maximum Gasteiger partial charge on any atom is 0.209 e. The van der Waals surface area contributed by atoms with Gasteiger partial charge in [0.2, 0.25) is 5.78 Å². The molecule has 0 amide bonds. The number of halogens is 2. The number of rotatable bonds is 0. The van der Waals surface area contributed by atoms with Gasteiger partial charge in [0.1, 0.15) is 11.6 Å². The number of benzene rings is 1. The second kappa shape index (κ2) is 4.41. The Morgan fingerprint density at radius 2 is 2.00 bits per heavy atom. The summed E-state index contributed by atoms with van der Waals surface area (Å²) >= 11 is 12.7. The van der Waals surface area contributed by atoms with Crippen LogP contribution in [0.4, 0.5) is 0 Å². The van der Waals surface area contributed by atoms with Crippen molar-refractivity contribution in [1.82, 2.24) is 4.57 Å². The van der Waals surface area contributed by atoms with Crippen molar-refractivity contribution in [3.63, 3.8) is 0 Å². The first-order valence-electron chi connectivity index (χ1n) is 5.67. The first kappa shape index (κ1) is 12.3. The van der Waals surface area contributed by atoms with E-state index in [1.807, 2.05) is 12.1 Å². The van der Waals surface area contributed by atoms with E-state index in [9.17, 15) is 4.79 Å². The van der Waals surface area contributed by atoms with Crippen LogP contribution in [0, 0.1) is 11.3 Å². The van der Waals surface area contributed by atoms with Crippen LogP contribution in [0.2, 0.25) is 0 Å². The van der Waals surface area contributed by atoms with E-state index in [0.717, 1.165) is 5.56 Å². The maximum absolute atomic E-state index is 12.5. The van der Waals surface area contributed by atoms with Gasteiger partial charge >= 0.3 is 0 Å². The zero-order valence-electron chi connectivity index (χ0n) is 9.68. The molecule has 19 heavy (non-hydrogen) atoms. The van der Waals surface area contributed by atoms with Crippen molar-refractivity contribution in [3.05, 3.63) is 58.9 Å². The molecule has 94 valence electrons. The van der Waals surface area contributed by atoms with Gasteiger partial charge in [-0.3, -0.25) is 4.79 Å². The number of alkyl halides is 2. The van der Waals surface area contributed by atoms with Gasteiger partial charge in [0, 0.05) is 11.8 Å². The molecule has 3 rings (SSSR count). The van der Waals surface area contributed by atoms with Crippen LogP contribution in [0.1, 0.15) is 38.1 Å². The molecule has 0 saturated carbocycles. The van der Waals surface area contributed by atoms with E-state index in [-0.39, 0.29) is 5.78 Å². The molecule has 2 atom stereocenters. The normalized spacial score (nSPS) is 21.2. The second-order valence-electron chi connectivity index (χ2n) is 4.32.